The highest BCUT2D eigenvalue weighted by molar-refractivity contribution is 7.20. The summed E-state index contributed by atoms with van der Waals surface area (Å²) in [4.78, 5) is 35.5. The number of aromatic nitrogens is 2. The lowest BCUT2D eigenvalue weighted by molar-refractivity contribution is 0.0833. The van der Waals surface area contributed by atoms with Gasteiger partial charge in [-0.1, -0.05) is 25.1 Å². The molecular weight excluding hydrogens is 388 g/mol. The molecule has 0 aliphatic rings. The molecule has 0 fully saturated rings. The second-order valence-corrected chi connectivity index (χ2v) is 7.77. The van der Waals surface area contributed by atoms with E-state index in [0.717, 1.165) is 44.7 Å². The lowest BCUT2D eigenvalue weighted by Gasteiger charge is -2.06. The van der Waals surface area contributed by atoms with Crippen molar-refractivity contribution in [1.29, 1.82) is 0 Å². The van der Waals surface area contributed by atoms with Gasteiger partial charge in [0.2, 0.25) is 0 Å². The molecule has 0 aliphatic carbocycles. The zero-order valence-corrected chi connectivity index (χ0v) is 17.4. The van der Waals surface area contributed by atoms with E-state index in [4.69, 9.17) is 4.42 Å². The molecule has 0 radical (unpaired) electrons. The molecule has 0 spiro atoms. The number of hydrazine groups is 1. The van der Waals surface area contributed by atoms with Crippen LogP contribution >= 0.6 is 11.3 Å². The number of hydrogen-bond donors (Lipinski definition) is 2. The van der Waals surface area contributed by atoms with Crippen LogP contribution in [0.5, 0.6) is 0 Å². The van der Waals surface area contributed by atoms with Gasteiger partial charge in [-0.25, -0.2) is 9.97 Å². The van der Waals surface area contributed by atoms with Crippen molar-refractivity contribution in [3.63, 3.8) is 0 Å². The van der Waals surface area contributed by atoms with Gasteiger partial charge < -0.3 is 4.42 Å². The third-order valence-electron chi connectivity index (χ3n) is 4.88. The molecule has 0 saturated carbocycles. The topological polar surface area (TPSA) is 97.1 Å². The standard InChI is InChI=1S/C21H20N4O3S/c1-5-15-22-12(4)16-11(3)18(29-21(16)23-15)20(27)25-24-19(26)17-10(2)13-8-6-7-9-14(13)28-17/h6-9H,5H2,1-4H3,(H,24,26)(H,25,27). The number of thiophene rings is 1. The van der Waals surface area contributed by atoms with Crippen molar-refractivity contribution >= 4 is 44.3 Å². The number of hydrogen-bond acceptors (Lipinski definition) is 6. The Kier molecular flexibility index (Phi) is 4.79. The highest BCUT2D eigenvalue weighted by Crippen LogP contribution is 2.31. The van der Waals surface area contributed by atoms with Crippen molar-refractivity contribution in [3.8, 4) is 0 Å². The summed E-state index contributed by atoms with van der Waals surface area (Å²) in [6.07, 6.45) is 0.724. The van der Waals surface area contributed by atoms with Crippen molar-refractivity contribution in [2.75, 3.05) is 0 Å². The molecule has 29 heavy (non-hydrogen) atoms. The van der Waals surface area contributed by atoms with Crippen LogP contribution in [-0.4, -0.2) is 21.8 Å². The molecule has 1 aromatic carbocycles. The van der Waals surface area contributed by atoms with Crippen LogP contribution in [0.15, 0.2) is 28.7 Å². The Balaban J connectivity index is 1.56. The second-order valence-electron chi connectivity index (χ2n) is 6.78. The Hall–Kier alpha value is -3.26. The predicted molar refractivity (Wildman–Crippen MR) is 112 cm³/mol. The third-order valence-corrected chi connectivity index (χ3v) is 6.06. The molecule has 0 unspecified atom stereocenters. The van der Waals surface area contributed by atoms with Gasteiger partial charge in [0.15, 0.2) is 5.76 Å². The molecule has 3 aromatic heterocycles. The fraction of sp³-hybridized carbons (Fsp3) is 0.238. The van der Waals surface area contributed by atoms with Gasteiger partial charge in [0.25, 0.3) is 5.91 Å². The Morgan fingerprint density at radius 2 is 1.76 bits per heavy atom. The lowest BCUT2D eigenvalue weighted by Crippen LogP contribution is -2.41. The van der Waals surface area contributed by atoms with E-state index in [0.29, 0.717) is 10.5 Å². The maximum absolute atomic E-state index is 12.7. The van der Waals surface area contributed by atoms with Crippen LogP contribution in [0.2, 0.25) is 0 Å². The van der Waals surface area contributed by atoms with E-state index in [1.807, 2.05) is 45.9 Å². The van der Waals surface area contributed by atoms with Gasteiger partial charge in [0.05, 0.1) is 4.88 Å². The molecule has 0 aliphatic heterocycles. The minimum Gasteiger partial charge on any atom is -0.451 e. The molecule has 0 bridgehead atoms. The van der Waals surface area contributed by atoms with E-state index >= 15 is 0 Å². The van der Waals surface area contributed by atoms with Crippen molar-refractivity contribution in [3.05, 3.63) is 57.5 Å². The van der Waals surface area contributed by atoms with Crippen molar-refractivity contribution < 1.29 is 14.0 Å². The highest BCUT2D eigenvalue weighted by Gasteiger charge is 2.21. The molecule has 2 N–H and O–H groups in total. The summed E-state index contributed by atoms with van der Waals surface area (Å²) in [5.41, 5.74) is 7.93. The van der Waals surface area contributed by atoms with Crippen molar-refractivity contribution in [1.82, 2.24) is 20.8 Å². The number of para-hydroxylation sites is 1. The minimum absolute atomic E-state index is 0.175. The normalized spacial score (nSPS) is 11.2. The molecule has 3 heterocycles. The first kappa shape index (κ1) is 19.1. The summed E-state index contributed by atoms with van der Waals surface area (Å²) >= 11 is 1.29. The minimum atomic E-state index is -0.505. The average Bonchev–Trinajstić information content (AvgIpc) is 3.23. The second kappa shape index (κ2) is 7.29. The molecular formula is C21H20N4O3S. The van der Waals surface area contributed by atoms with E-state index in [2.05, 4.69) is 20.8 Å². The van der Waals surface area contributed by atoms with E-state index < -0.39 is 11.8 Å². The summed E-state index contributed by atoms with van der Waals surface area (Å²) in [5, 5.41) is 1.75. The zero-order valence-electron chi connectivity index (χ0n) is 16.5. The first-order valence-electron chi connectivity index (χ1n) is 9.26. The fourth-order valence-electron chi connectivity index (χ4n) is 3.39. The molecule has 4 aromatic rings. The first-order valence-corrected chi connectivity index (χ1v) is 10.1. The van der Waals surface area contributed by atoms with Crippen LogP contribution in [0.1, 0.15) is 49.8 Å². The molecule has 7 nitrogen and oxygen atoms in total. The van der Waals surface area contributed by atoms with E-state index in [1.54, 1.807) is 6.07 Å². The van der Waals surface area contributed by atoms with Crippen LogP contribution in [0.3, 0.4) is 0 Å². The Bertz CT molecular complexity index is 1270. The summed E-state index contributed by atoms with van der Waals surface area (Å²) in [6, 6.07) is 7.41. The van der Waals surface area contributed by atoms with Gasteiger partial charge in [-0.3, -0.25) is 20.4 Å². The van der Waals surface area contributed by atoms with Gasteiger partial charge >= 0.3 is 5.91 Å². The quantitative estimate of drug-likeness (QED) is 0.500. The number of rotatable bonds is 3. The summed E-state index contributed by atoms with van der Waals surface area (Å²) in [7, 11) is 0. The molecule has 2 amide bonds. The smallest absolute Gasteiger partial charge is 0.305 e. The maximum atomic E-state index is 12.7. The van der Waals surface area contributed by atoms with Crippen molar-refractivity contribution in [2.24, 2.45) is 0 Å². The summed E-state index contributed by atoms with van der Waals surface area (Å²) in [6.45, 7) is 7.58. The summed E-state index contributed by atoms with van der Waals surface area (Å²) in [5.74, 6) is 0.0193. The van der Waals surface area contributed by atoms with E-state index in [9.17, 15) is 9.59 Å². The van der Waals surface area contributed by atoms with Crippen LogP contribution in [-0.2, 0) is 6.42 Å². The molecule has 148 valence electrons. The number of nitrogens with zero attached hydrogens (tertiary/aromatic N) is 2. The van der Waals surface area contributed by atoms with Gasteiger partial charge in [-0.15, -0.1) is 11.3 Å². The Morgan fingerprint density at radius 1 is 1.03 bits per heavy atom. The summed E-state index contributed by atoms with van der Waals surface area (Å²) < 4.78 is 5.63. The number of benzene rings is 1. The number of furan rings is 1. The third kappa shape index (κ3) is 3.25. The number of nitrogens with one attached hydrogen (secondary N) is 2. The number of aryl methyl sites for hydroxylation is 4. The van der Waals surface area contributed by atoms with Gasteiger partial charge in [-0.05, 0) is 32.4 Å². The lowest BCUT2D eigenvalue weighted by atomic mass is 10.1. The van der Waals surface area contributed by atoms with Crippen LogP contribution in [0.25, 0.3) is 21.2 Å². The highest BCUT2D eigenvalue weighted by atomic mass is 32.1. The Labute approximate surface area is 171 Å². The number of carbonyl (C=O) groups is 2. The van der Waals surface area contributed by atoms with Gasteiger partial charge in [0.1, 0.15) is 16.2 Å². The van der Waals surface area contributed by atoms with Crippen LogP contribution < -0.4 is 10.9 Å². The Morgan fingerprint density at radius 3 is 2.48 bits per heavy atom. The monoisotopic (exact) mass is 408 g/mol. The first-order chi connectivity index (χ1) is 13.9. The number of carbonyl (C=O) groups excluding carboxylic acids is 2. The van der Waals surface area contributed by atoms with Crippen LogP contribution in [0.4, 0.5) is 0 Å². The average molecular weight is 408 g/mol. The predicted octanol–water partition coefficient (Wildman–Crippen LogP) is 4.00. The molecule has 0 atom stereocenters. The SMILES string of the molecule is CCc1nc(C)c2c(C)c(C(=O)NNC(=O)c3oc4ccccc4c3C)sc2n1. The fourth-order valence-corrected chi connectivity index (χ4v) is 4.53. The number of fused-ring (bicyclic) bond motifs is 2. The van der Waals surface area contributed by atoms with Gasteiger partial charge in [0, 0.05) is 28.5 Å². The van der Waals surface area contributed by atoms with E-state index in [-0.39, 0.29) is 5.76 Å². The molecule has 8 heteroatoms. The molecule has 0 saturated heterocycles. The number of amides is 2. The largest absolute Gasteiger partial charge is 0.451 e. The molecule has 4 rings (SSSR count). The van der Waals surface area contributed by atoms with Crippen LogP contribution in [0, 0.1) is 20.8 Å². The van der Waals surface area contributed by atoms with E-state index in [1.165, 1.54) is 11.3 Å². The zero-order chi connectivity index (χ0) is 20.7. The maximum Gasteiger partial charge on any atom is 0.305 e. The van der Waals surface area contributed by atoms with Crippen molar-refractivity contribution in [2.45, 2.75) is 34.1 Å². The van der Waals surface area contributed by atoms with Gasteiger partial charge in [-0.2, -0.15) is 0 Å².